The quantitative estimate of drug-likeness (QED) is 0.490. The van der Waals surface area contributed by atoms with Crippen molar-refractivity contribution < 1.29 is 9.47 Å². The van der Waals surface area contributed by atoms with Gasteiger partial charge in [-0.15, -0.1) is 0 Å². The van der Waals surface area contributed by atoms with Gasteiger partial charge in [-0.05, 0) is 37.4 Å². The number of unbranched alkanes of at least 4 members (excludes halogenated alkanes) is 3. The van der Waals surface area contributed by atoms with Gasteiger partial charge in [0.2, 0.25) is 0 Å². The molecule has 2 aromatic carbocycles. The van der Waals surface area contributed by atoms with E-state index >= 15 is 0 Å². The fraction of sp³-hybridized carbons (Fsp3) is 0.478. The first kappa shape index (κ1) is 20.3. The second-order valence-corrected chi connectivity index (χ2v) is 6.62. The maximum absolute atomic E-state index is 6.07. The van der Waals surface area contributed by atoms with Gasteiger partial charge >= 0.3 is 0 Å². The zero-order valence-electron chi connectivity index (χ0n) is 16.3. The first-order valence-electron chi connectivity index (χ1n) is 9.88. The molecule has 0 unspecified atom stereocenters. The van der Waals surface area contributed by atoms with E-state index in [0.717, 1.165) is 50.5 Å². The molecule has 0 saturated carbocycles. The zero-order chi connectivity index (χ0) is 18.5. The van der Waals surface area contributed by atoms with Crippen molar-refractivity contribution in [3.8, 4) is 11.5 Å². The molecule has 0 amide bonds. The first-order chi connectivity index (χ1) is 12.8. The maximum atomic E-state index is 6.07. The standard InChI is InChI=1S/C23H33NO2/c1-3-4-5-9-18-26-23-21(15-10-16-22(23)25-2)19-24-17-11-14-20-12-7-6-8-13-20/h6-8,10,12-13,15-16,24H,3-5,9,11,14,17-19H2,1-2H3. The SMILES string of the molecule is CCCCCCOc1c(CNCCCc2ccccc2)cccc1OC. The van der Waals surface area contributed by atoms with Crippen LogP contribution >= 0.6 is 0 Å². The van der Waals surface area contributed by atoms with E-state index in [1.807, 2.05) is 12.1 Å². The van der Waals surface area contributed by atoms with Gasteiger partial charge in [-0.25, -0.2) is 0 Å². The van der Waals surface area contributed by atoms with E-state index in [1.165, 1.54) is 30.4 Å². The van der Waals surface area contributed by atoms with E-state index in [-0.39, 0.29) is 0 Å². The zero-order valence-corrected chi connectivity index (χ0v) is 16.3. The molecule has 0 heterocycles. The van der Waals surface area contributed by atoms with Crippen molar-refractivity contribution >= 4 is 0 Å². The Bertz CT molecular complexity index is 613. The minimum absolute atomic E-state index is 0.751. The fourth-order valence-electron chi connectivity index (χ4n) is 3.01. The molecule has 0 aliphatic rings. The largest absolute Gasteiger partial charge is 0.493 e. The van der Waals surface area contributed by atoms with Crippen molar-refractivity contribution in [3.63, 3.8) is 0 Å². The summed E-state index contributed by atoms with van der Waals surface area (Å²) in [7, 11) is 1.70. The van der Waals surface area contributed by atoms with Gasteiger partial charge in [0.15, 0.2) is 11.5 Å². The Morgan fingerprint density at radius 3 is 2.50 bits per heavy atom. The Morgan fingerprint density at radius 2 is 1.73 bits per heavy atom. The molecule has 0 aliphatic carbocycles. The third-order valence-corrected chi connectivity index (χ3v) is 4.50. The predicted octanol–water partition coefficient (Wildman–Crippen LogP) is 5.38. The number of rotatable bonds is 13. The van der Waals surface area contributed by atoms with E-state index < -0.39 is 0 Å². The van der Waals surface area contributed by atoms with E-state index in [1.54, 1.807) is 7.11 Å². The molecule has 3 heteroatoms. The third kappa shape index (κ3) is 7.09. The van der Waals surface area contributed by atoms with Crippen LogP contribution in [-0.2, 0) is 13.0 Å². The number of aryl methyl sites for hydroxylation is 1. The molecular formula is C23H33NO2. The highest BCUT2D eigenvalue weighted by molar-refractivity contribution is 5.46. The Morgan fingerprint density at radius 1 is 0.885 bits per heavy atom. The molecule has 0 aromatic heterocycles. The van der Waals surface area contributed by atoms with Gasteiger partial charge in [0.1, 0.15) is 0 Å². The lowest BCUT2D eigenvalue weighted by atomic mass is 10.1. The van der Waals surface area contributed by atoms with Gasteiger partial charge in [0, 0.05) is 12.1 Å². The van der Waals surface area contributed by atoms with E-state index in [2.05, 4.69) is 48.6 Å². The Balaban J connectivity index is 1.79. The first-order valence-corrected chi connectivity index (χ1v) is 9.88. The van der Waals surface area contributed by atoms with Crippen LogP contribution in [0.5, 0.6) is 11.5 Å². The molecule has 0 saturated heterocycles. The van der Waals surface area contributed by atoms with Gasteiger partial charge in [-0.3, -0.25) is 0 Å². The van der Waals surface area contributed by atoms with Crippen LogP contribution < -0.4 is 14.8 Å². The average Bonchev–Trinajstić information content (AvgIpc) is 2.69. The minimum atomic E-state index is 0.751. The van der Waals surface area contributed by atoms with Crippen LogP contribution in [0, 0.1) is 0 Å². The predicted molar refractivity (Wildman–Crippen MR) is 109 cm³/mol. The summed E-state index contributed by atoms with van der Waals surface area (Å²) in [6, 6.07) is 16.8. The number of methoxy groups -OCH3 is 1. The Hall–Kier alpha value is -2.00. The molecule has 26 heavy (non-hydrogen) atoms. The summed E-state index contributed by atoms with van der Waals surface area (Å²) in [5, 5.41) is 3.54. The van der Waals surface area contributed by atoms with E-state index in [4.69, 9.17) is 9.47 Å². The van der Waals surface area contributed by atoms with Crippen molar-refractivity contribution in [2.24, 2.45) is 0 Å². The van der Waals surface area contributed by atoms with Crippen LogP contribution in [0.4, 0.5) is 0 Å². The van der Waals surface area contributed by atoms with Crippen LogP contribution in [0.15, 0.2) is 48.5 Å². The normalized spacial score (nSPS) is 10.7. The minimum Gasteiger partial charge on any atom is -0.493 e. The van der Waals surface area contributed by atoms with Crippen LogP contribution in [0.2, 0.25) is 0 Å². The smallest absolute Gasteiger partial charge is 0.165 e. The fourth-order valence-corrected chi connectivity index (χ4v) is 3.01. The number of hydrogen-bond donors (Lipinski definition) is 1. The summed E-state index contributed by atoms with van der Waals surface area (Å²) in [6.07, 6.45) is 7.06. The van der Waals surface area contributed by atoms with Crippen LogP contribution in [0.25, 0.3) is 0 Å². The molecule has 1 N–H and O–H groups in total. The van der Waals surface area contributed by atoms with Gasteiger partial charge in [0.05, 0.1) is 13.7 Å². The highest BCUT2D eigenvalue weighted by Crippen LogP contribution is 2.31. The topological polar surface area (TPSA) is 30.5 Å². The molecule has 2 rings (SSSR count). The van der Waals surface area contributed by atoms with E-state index in [0.29, 0.717) is 0 Å². The highest BCUT2D eigenvalue weighted by Gasteiger charge is 2.10. The van der Waals surface area contributed by atoms with Gasteiger partial charge in [-0.2, -0.15) is 0 Å². The lowest BCUT2D eigenvalue weighted by molar-refractivity contribution is 0.281. The summed E-state index contributed by atoms with van der Waals surface area (Å²) in [6.45, 7) is 4.77. The molecule has 0 spiro atoms. The Kier molecular flexibility index (Phi) is 9.66. The summed E-state index contributed by atoms with van der Waals surface area (Å²) in [4.78, 5) is 0. The molecule has 0 radical (unpaired) electrons. The molecule has 142 valence electrons. The molecule has 2 aromatic rings. The van der Waals surface area contributed by atoms with Gasteiger partial charge in [0.25, 0.3) is 0 Å². The number of ether oxygens (including phenoxy) is 2. The van der Waals surface area contributed by atoms with Crippen molar-refractivity contribution in [2.45, 2.75) is 52.0 Å². The second kappa shape index (κ2) is 12.4. The number of hydrogen-bond acceptors (Lipinski definition) is 3. The lowest BCUT2D eigenvalue weighted by Crippen LogP contribution is -2.16. The van der Waals surface area contributed by atoms with Crippen molar-refractivity contribution in [2.75, 3.05) is 20.3 Å². The second-order valence-electron chi connectivity index (χ2n) is 6.62. The van der Waals surface area contributed by atoms with E-state index in [9.17, 15) is 0 Å². The van der Waals surface area contributed by atoms with Crippen molar-refractivity contribution in [1.29, 1.82) is 0 Å². The Labute approximate surface area is 158 Å². The summed E-state index contributed by atoms with van der Waals surface area (Å²) in [5.41, 5.74) is 2.56. The molecule has 0 aliphatic heterocycles. The van der Waals surface area contributed by atoms with Gasteiger partial charge < -0.3 is 14.8 Å². The molecule has 0 fully saturated rings. The lowest BCUT2D eigenvalue weighted by Gasteiger charge is -2.15. The maximum Gasteiger partial charge on any atom is 0.165 e. The molecule has 3 nitrogen and oxygen atoms in total. The number of para-hydroxylation sites is 1. The summed E-state index contributed by atoms with van der Waals surface area (Å²) >= 11 is 0. The number of nitrogens with one attached hydrogen (secondary N) is 1. The summed E-state index contributed by atoms with van der Waals surface area (Å²) in [5.74, 6) is 1.71. The third-order valence-electron chi connectivity index (χ3n) is 4.50. The van der Waals surface area contributed by atoms with Crippen molar-refractivity contribution in [1.82, 2.24) is 5.32 Å². The molecular weight excluding hydrogens is 322 g/mol. The number of benzene rings is 2. The van der Waals surface area contributed by atoms with Crippen molar-refractivity contribution in [3.05, 3.63) is 59.7 Å². The van der Waals surface area contributed by atoms with Crippen LogP contribution in [-0.4, -0.2) is 20.3 Å². The highest BCUT2D eigenvalue weighted by atomic mass is 16.5. The summed E-state index contributed by atoms with van der Waals surface area (Å²) < 4.78 is 11.6. The van der Waals surface area contributed by atoms with Crippen LogP contribution in [0.1, 0.15) is 50.2 Å². The molecule has 0 bridgehead atoms. The van der Waals surface area contributed by atoms with Crippen LogP contribution in [0.3, 0.4) is 0 Å². The van der Waals surface area contributed by atoms with Gasteiger partial charge in [-0.1, -0.05) is 68.7 Å². The monoisotopic (exact) mass is 355 g/mol. The average molecular weight is 356 g/mol. The molecule has 0 atom stereocenters.